The zero-order valence-corrected chi connectivity index (χ0v) is 8.37. The van der Waals surface area contributed by atoms with E-state index < -0.39 is 17.5 Å². The van der Waals surface area contributed by atoms with E-state index in [1.165, 1.54) is 19.1 Å². The Hall–Kier alpha value is -1.51. The van der Waals surface area contributed by atoms with Gasteiger partial charge in [0.2, 0.25) is 0 Å². The minimum Gasteiger partial charge on any atom is -0.206 e. The smallest absolute Gasteiger partial charge is 0.167 e. The van der Waals surface area contributed by atoms with Gasteiger partial charge < -0.3 is 0 Å². The van der Waals surface area contributed by atoms with E-state index in [0.29, 0.717) is 0 Å². The molecule has 2 aromatic rings. The fourth-order valence-corrected chi connectivity index (χ4v) is 1.61. The Kier molecular flexibility index (Phi) is 2.18. The first-order valence-corrected chi connectivity index (χ1v) is 4.55. The molecule has 0 heterocycles. The van der Waals surface area contributed by atoms with E-state index in [1.54, 1.807) is 13.0 Å². The summed E-state index contributed by atoms with van der Waals surface area (Å²) in [5.74, 6) is -2.78. The summed E-state index contributed by atoms with van der Waals surface area (Å²) in [6, 6.07) is 4.53. The van der Waals surface area contributed by atoms with Gasteiger partial charge in [-0.05, 0) is 19.9 Å². The quantitative estimate of drug-likeness (QED) is 0.579. The number of benzene rings is 2. The average molecular weight is 210 g/mol. The molecule has 2 rings (SSSR count). The van der Waals surface area contributed by atoms with Crippen molar-refractivity contribution < 1.29 is 13.2 Å². The van der Waals surface area contributed by atoms with Crippen molar-refractivity contribution in [2.24, 2.45) is 0 Å². The van der Waals surface area contributed by atoms with Gasteiger partial charge in [0, 0.05) is 16.3 Å². The monoisotopic (exact) mass is 210 g/mol. The number of fused-ring (bicyclic) bond motifs is 1. The zero-order valence-electron chi connectivity index (χ0n) is 8.37. The molecular formula is C12H9F3. The van der Waals surface area contributed by atoms with Crippen LogP contribution in [0.15, 0.2) is 18.2 Å². The van der Waals surface area contributed by atoms with Gasteiger partial charge in [0.1, 0.15) is 5.82 Å². The summed E-state index contributed by atoms with van der Waals surface area (Å²) in [5, 5.41) is 0.118. The number of halogens is 3. The summed E-state index contributed by atoms with van der Waals surface area (Å²) in [6.45, 7) is 3.00. The standard InChI is InChI=1S/C12H9F3/c1-6-3-4-8-9(5-6)10(13)7(2)11(14)12(8)15/h3-5H,1-2H3. The minimum absolute atomic E-state index is 0.0128. The third kappa shape index (κ3) is 1.39. The maximum absolute atomic E-state index is 13.6. The molecule has 0 atom stereocenters. The van der Waals surface area contributed by atoms with Gasteiger partial charge in [-0.2, -0.15) is 0 Å². The first-order valence-electron chi connectivity index (χ1n) is 4.55. The molecule has 78 valence electrons. The van der Waals surface area contributed by atoms with Crippen molar-refractivity contribution in [3.8, 4) is 0 Å². The van der Waals surface area contributed by atoms with Crippen molar-refractivity contribution in [1.82, 2.24) is 0 Å². The van der Waals surface area contributed by atoms with Crippen LogP contribution in [0.1, 0.15) is 11.1 Å². The highest BCUT2D eigenvalue weighted by Crippen LogP contribution is 2.27. The van der Waals surface area contributed by atoms with Crippen molar-refractivity contribution >= 4 is 10.8 Å². The van der Waals surface area contributed by atoms with Gasteiger partial charge in [0.15, 0.2) is 11.6 Å². The summed E-state index contributed by atoms with van der Waals surface area (Å²) in [4.78, 5) is 0. The highest BCUT2D eigenvalue weighted by atomic mass is 19.2. The average Bonchev–Trinajstić information content (AvgIpc) is 2.23. The van der Waals surface area contributed by atoms with Crippen LogP contribution in [0.5, 0.6) is 0 Å². The SMILES string of the molecule is Cc1ccc2c(F)c(F)c(C)c(F)c2c1. The molecule has 2 aromatic carbocycles. The molecule has 0 spiro atoms. The molecule has 0 radical (unpaired) electrons. The first kappa shape index (κ1) is 10.0. The lowest BCUT2D eigenvalue weighted by Gasteiger charge is -2.07. The van der Waals surface area contributed by atoms with Crippen LogP contribution < -0.4 is 0 Å². The Balaban J connectivity index is 3.00. The van der Waals surface area contributed by atoms with Gasteiger partial charge in [-0.15, -0.1) is 0 Å². The van der Waals surface area contributed by atoms with E-state index in [-0.39, 0.29) is 16.3 Å². The van der Waals surface area contributed by atoms with Gasteiger partial charge in [0.05, 0.1) is 0 Å². The molecule has 0 saturated carbocycles. The Labute approximate surface area is 85.3 Å². The van der Waals surface area contributed by atoms with E-state index in [1.807, 2.05) is 0 Å². The van der Waals surface area contributed by atoms with Crippen molar-refractivity contribution in [3.63, 3.8) is 0 Å². The Morgan fingerprint density at radius 2 is 1.47 bits per heavy atom. The van der Waals surface area contributed by atoms with Gasteiger partial charge in [-0.3, -0.25) is 0 Å². The Morgan fingerprint density at radius 1 is 0.800 bits per heavy atom. The second kappa shape index (κ2) is 3.26. The fourth-order valence-electron chi connectivity index (χ4n) is 1.61. The van der Waals surface area contributed by atoms with Crippen LogP contribution in [0.4, 0.5) is 13.2 Å². The molecule has 0 aliphatic carbocycles. The number of rotatable bonds is 0. The molecule has 0 aliphatic rings. The maximum Gasteiger partial charge on any atom is 0.167 e. The third-order valence-electron chi connectivity index (χ3n) is 2.50. The topological polar surface area (TPSA) is 0 Å². The van der Waals surface area contributed by atoms with Crippen molar-refractivity contribution in [2.45, 2.75) is 13.8 Å². The number of aryl methyl sites for hydroxylation is 1. The first-order chi connectivity index (χ1) is 7.02. The van der Waals surface area contributed by atoms with Gasteiger partial charge in [-0.25, -0.2) is 13.2 Å². The normalized spacial score (nSPS) is 11.0. The molecule has 0 bridgehead atoms. The van der Waals surface area contributed by atoms with Crippen LogP contribution in [-0.4, -0.2) is 0 Å². The second-order valence-electron chi connectivity index (χ2n) is 3.62. The molecule has 0 saturated heterocycles. The van der Waals surface area contributed by atoms with Crippen LogP contribution >= 0.6 is 0 Å². The second-order valence-corrected chi connectivity index (χ2v) is 3.62. The molecule has 15 heavy (non-hydrogen) atoms. The Morgan fingerprint density at radius 3 is 2.13 bits per heavy atom. The molecule has 0 aromatic heterocycles. The number of hydrogen-bond acceptors (Lipinski definition) is 0. The fraction of sp³-hybridized carbons (Fsp3) is 0.167. The zero-order chi connectivity index (χ0) is 11.2. The van der Waals surface area contributed by atoms with Crippen LogP contribution in [-0.2, 0) is 0 Å². The molecular weight excluding hydrogens is 201 g/mol. The molecule has 0 amide bonds. The summed E-state index contributed by atoms with van der Waals surface area (Å²) in [6.07, 6.45) is 0. The molecule has 0 aliphatic heterocycles. The number of hydrogen-bond donors (Lipinski definition) is 0. The predicted molar refractivity (Wildman–Crippen MR) is 53.3 cm³/mol. The van der Waals surface area contributed by atoms with Gasteiger partial charge >= 0.3 is 0 Å². The van der Waals surface area contributed by atoms with E-state index >= 15 is 0 Å². The van der Waals surface area contributed by atoms with Crippen LogP contribution in [0.25, 0.3) is 10.8 Å². The van der Waals surface area contributed by atoms with E-state index in [0.717, 1.165) is 5.56 Å². The molecule has 0 fully saturated rings. The van der Waals surface area contributed by atoms with Crippen LogP contribution in [0, 0.1) is 31.3 Å². The molecule has 0 N–H and O–H groups in total. The third-order valence-corrected chi connectivity index (χ3v) is 2.50. The van der Waals surface area contributed by atoms with Crippen molar-refractivity contribution in [3.05, 3.63) is 46.8 Å². The molecule has 0 nitrogen and oxygen atoms in total. The lowest BCUT2D eigenvalue weighted by atomic mass is 10.0. The van der Waals surface area contributed by atoms with Crippen LogP contribution in [0.2, 0.25) is 0 Å². The lowest BCUT2D eigenvalue weighted by Crippen LogP contribution is -1.96. The van der Waals surface area contributed by atoms with Crippen LogP contribution in [0.3, 0.4) is 0 Å². The summed E-state index contributed by atoms with van der Waals surface area (Å²) < 4.78 is 40.2. The lowest BCUT2D eigenvalue weighted by molar-refractivity contribution is 0.497. The minimum atomic E-state index is -1.11. The van der Waals surface area contributed by atoms with E-state index in [2.05, 4.69) is 0 Å². The predicted octanol–water partition coefficient (Wildman–Crippen LogP) is 3.87. The summed E-state index contributed by atoms with van der Waals surface area (Å²) >= 11 is 0. The summed E-state index contributed by atoms with van der Waals surface area (Å²) in [7, 11) is 0. The largest absolute Gasteiger partial charge is 0.206 e. The van der Waals surface area contributed by atoms with Gasteiger partial charge in [-0.1, -0.05) is 17.7 Å². The molecule has 0 unspecified atom stereocenters. The highest BCUT2D eigenvalue weighted by Gasteiger charge is 2.16. The van der Waals surface area contributed by atoms with Crippen molar-refractivity contribution in [2.75, 3.05) is 0 Å². The van der Waals surface area contributed by atoms with Crippen molar-refractivity contribution in [1.29, 1.82) is 0 Å². The molecule has 3 heteroatoms. The maximum atomic E-state index is 13.6. The van der Waals surface area contributed by atoms with E-state index in [4.69, 9.17) is 0 Å². The van der Waals surface area contributed by atoms with E-state index in [9.17, 15) is 13.2 Å². The highest BCUT2D eigenvalue weighted by molar-refractivity contribution is 5.85. The Bertz CT molecular complexity index is 544. The van der Waals surface area contributed by atoms with Gasteiger partial charge in [0.25, 0.3) is 0 Å². The summed E-state index contributed by atoms with van der Waals surface area (Å²) in [5.41, 5.74) is 0.539.